The van der Waals surface area contributed by atoms with Crippen LogP contribution in [0.3, 0.4) is 0 Å². The van der Waals surface area contributed by atoms with Crippen molar-refractivity contribution in [2.45, 2.75) is 52.5 Å². The molecule has 0 saturated carbocycles. The van der Waals surface area contributed by atoms with Gasteiger partial charge in [-0.3, -0.25) is 19.2 Å². The fourth-order valence-corrected chi connectivity index (χ4v) is 2.97. The third-order valence-corrected chi connectivity index (χ3v) is 4.65. The first-order valence-electron chi connectivity index (χ1n) is 9.81. The Balaban J connectivity index is 3.04. The number of hydrogen-bond donors (Lipinski definition) is 1. The van der Waals surface area contributed by atoms with Gasteiger partial charge in [-0.25, -0.2) is 0 Å². The molecule has 0 radical (unpaired) electrons. The molecule has 1 aliphatic heterocycles. The van der Waals surface area contributed by atoms with Gasteiger partial charge in [0.2, 0.25) is 17.7 Å². The van der Waals surface area contributed by atoms with Crippen molar-refractivity contribution in [1.29, 1.82) is 0 Å². The van der Waals surface area contributed by atoms with Gasteiger partial charge in [0, 0.05) is 20.0 Å². The van der Waals surface area contributed by atoms with Gasteiger partial charge in [-0.2, -0.15) is 0 Å². The van der Waals surface area contributed by atoms with Crippen LogP contribution in [-0.2, 0) is 23.9 Å². The second-order valence-electron chi connectivity index (χ2n) is 7.32. The number of rotatable bonds is 3. The van der Waals surface area contributed by atoms with E-state index in [1.165, 1.54) is 23.8 Å². The lowest BCUT2D eigenvalue weighted by molar-refractivity contribution is -0.148. The molecule has 0 aromatic carbocycles. The summed E-state index contributed by atoms with van der Waals surface area (Å²) in [4.78, 5) is 52.0. The van der Waals surface area contributed by atoms with E-state index in [1.807, 2.05) is 26.0 Å². The van der Waals surface area contributed by atoms with Crippen LogP contribution in [0, 0.1) is 5.92 Å². The van der Waals surface area contributed by atoms with E-state index in [-0.39, 0.29) is 36.7 Å². The van der Waals surface area contributed by atoms with E-state index in [0.717, 1.165) is 19.3 Å². The van der Waals surface area contributed by atoms with Gasteiger partial charge in [-0.05, 0) is 31.6 Å². The molecule has 1 aliphatic rings. The molecule has 158 valence electrons. The maximum Gasteiger partial charge on any atom is 0.325 e. The number of esters is 1. The smallest absolute Gasteiger partial charge is 0.325 e. The van der Waals surface area contributed by atoms with Crippen LogP contribution in [0.2, 0.25) is 0 Å². The number of amides is 3. The standard InChI is InChI=1S/C20H33N3O5/c1-15(2)19-20(27)23(14-18(26)28-4)12-10-8-6-5-7-9-11-22(16(3)24)13-17(25)21-19/h5-6,15,19H,7-14H2,1-4H3,(H,21,25)/b6-5+/t19-/m0/s1. The maximum absolute atomic E-state index is 13.0. The summed E-state index contributed by atoms with van der Waals surface area (Å²) in [6.07, 6.45) is 7.15. The molecule has 0 saturated heterocycles. The van der Waals surface area contributed by atoms with E-state index in [0.29, 0.717) is 19.5 Å². The lowest BCUT2D eigenvalue weighted by Gasteiger charge is -2.30. The topological polar surface area (TPSA) is 96.0 Å². The van der Waals surface area contributed by atoms with Gasteiger partial charge in [0.25, 0.3) is 0 Å². The number of allylic oxidation sites excluding steroid dienone is 2. The monoisotopic (exact) mass is 395 g/mol. The van der Waals surface area contributed by atoms with Crippen molar-refractivity contribution in [3.63, 3.8) is 0 Å². The number of carbonyl (C=O) groups excluding carboxylic acids is 4. The van der Waals surface area contributed by atoms with E-state index in [4.69, 9.17) is 4.74 Å². The van der Waals surface area contributed by atoms with Gasteiger partial charge in [0.15, 0.2) is 0 Å². The average molecular weight is 396 g/mol. The maximum atomic E-state index is 13.0. The Morgan fingerprint density at radius 3 is 2.32 bits per heavy atom. The molecule has 3 amide bonds. The van der Waals surface area contributed by atoms with Crippen molar-refractivity contribution in [3.05, 3.63) is 12.2 Å². The third kappa shape index (κ3) is 8.10. The molecule has 1 N–H and O–H groups in total. The lowest BCUT2D eigenvalue weighted by atomic mass is 10.0. The van der Waals surface area contributed by atoms with E-state index >= 15 is 0 Å². The predicted molar refractivity (Wildman–Crippen MR) is 105 cm³/mol. The Labute approximate surface area is 167 Å². The van der Waals surface area contributed by atoms with E-state index in [1.54, 1.807) is 0 Å². The molecule has 0 aromatic rings. The number of ether oxygens (including phenoxy) is 1. The lowest BCUT2D eigenvalue weighted by Crippen LogP contribution is -2.54. The van der Waals surface area contributed by atoms with Crippen LogP contribution in [0.25, 0.3) is 0 Å². The van der Waals surface area contributed by atoms with Crippen molar-refractivity contribution in [1.82, 2.24) is 15.1 Å². The minimum atomic E-state index is -0.772. The van der Waals surface area contributed by atoms with Crippen molar-refractivity contribution in [2.24, 2.45) is 5.92 Å². The molecule has 1 heterocycles. The van der Waals surface area contributed by atoms with Gasteiger partial charge >= 0.3 is 5.97 Å². The molecule has 8 nitrogen and oxygen atoms in total. The number of hydrogen-bond acceptors (Lipinski definition) is 5. The summed E-state index contributed by atoms with van der Waals surface area (Å²) in [5.41, 5.74) is 0. The van der Waals surface area contributed by atoms with Gasteiger partial charge in [-0.1, -0.05) is 26.0 Å². The van der Waals surface area contributed by atoms with Crippen LogP contribution in [0.15, 0.2) is 12.2 Å². The zero-order chi connectivity index (χ0) is 21.1. The second kappa shape index (κ2) is 12.2. The Morgan fingerprint density at radius 1 is 1.18 bits per heavy atom. The molecule has 28 heavy (non-hydrogen) atoms. The number of nitrogens with one attached hydrogen (secondary N) is 1. The molecule has 0 fully saturated rings. The van der Waals surface area contributed by atoms with Crippen LogP contribution >= 0.6 is 0 Å². The fraction of sp³-hybridized carbons (Fsp3) is 0.700. The minimum absolute atomic E-state index is 0.0907. The number of methoxy groups -OCH3 is 1. The van der Waals surface area contributed by atoms with E-state index in [2.05, 4.69) is 5.32 Å². The molecule has 0 spiro atoms. The molecule has 0 unspecified atom stereocenters. The van der Waals surface area contributed by atoms with Crippen LogP contribution in [0.5, 0.6) is 0 Å². The Kier molecular flexibility index (Phi) is 10.3. The van der Waals surface area contributed by atoms with Gasteiger partial charge in [0.05, 0.1) is 13.7 Å². The van der Waals surface area contributed by atoms with Crippen LogP contribution in [0.1, 0.15) is 46.5 Å². The summed E-state index contributed by atoms with van der Waals surface area (Å²) in [7, 11) is 1.28. The van der Waals surface area contributed by atoms with Gasteiger partial charge in [0.1, 0.15) is 12.6 Å². The summed E-state index contributed by atoms with van der Waals surface area (Å²) < 4.78 is 4.71. The molecular weight excluding hydrogens is 362 g/mol. The van der Waals surface area contributed by atoms with Crippen molar-refractivity contribution < 1.29 is 23.9 Å². The first kappa shape index (κ1) is 23.7. The summed E-state index contributed by atoms with van der Waals surface area (Å²) in [6, 6.07) is -0.772. The highest BCUT2D eigenvalue weighted by atomic mass is 16.5. The second-order valence-corrected chi connectivity index (χ2v) is 7.32. The van der Waals surface area contributed by atoms with E-state index in [9.17, 15) is 19.2 Å². The normalized spacial score (nSPS) is 21.5. The molecule has 0 aliphatic carbocycles. The Bertz CT molecular complexity index is 588. The summed E-state index contributed by atoms with van der Waals surface area (Å²) in [6.45, 7) is 5.74. The van der Waals surface area contributed by atoms with Crippen LogP contribution < -0.4 is 5.32 Å². The minimum Gasteiger partial charge on any atom is -0.468 e. The molecule has 8 heteroatoms. The zero-order valence-corrected chi connectivity index (χ0v) is 17.4. The first-order valence-corrected chi connectivity index (χ1v) is 9.81. The van der Waals surface area contributed by atoms with Crippen molar-refractivity contribution >= 4 is 23.7 Å². The summed E-state index contributed by atoms with van der Waals surface area (Å²) >= 11 is 0. The molecule has 0 bridgehead atoms. The Hall–Kier alpha value is -2.38. The van der Waals surface area contributed by atoms with Gasteiger partial charge in [-0.15, -0.1) is 0 Å². The number of carbonyl (C=O) groups is 4. The molecule has 0 aromatic heterocycles. The highest BCUT2D eigenvalue weighted by molar-refractivity contribution is 5.91. The third-order valence-electron chi connectivity index (χ3n) is 4.65. The molecule has 1 atom stereocenters. The number of nitrogens with zero attached hydrogens (tertiary/aromatic N) is 2. The van der Waals surface area contributed by atoms with E-state index < -0.39 is 12.0 Å². The predicted octanol–water partition coefficient (Wildman–Crippen LogP) is 1.11. The summed E-state index contributed by atoms with van der Waals surface area (Å²) in [5, 5.41) is 2.75. The SMILES string of the molecule is COC(=O)CN1CCC/C=C/CCCN(C(C)=O)CC(=O)N[C@@H](C(C)C)C1=O. The van der Waals surface area contributed by atoms with Crippen molar-refractivity contribution in [3.8, 4) is 0 Å². The van der Waals surface area contributed by atoms with Crippen molar-refractivity contribution in [2.75, 3.05) is 33.3 Å². The van der Waals surface area contributed by atoms with Gasteiger partial charge < -0.3 is 19.9 Å². The fourth-order valence-electron chi connectivity index (χ4n) is 2.97. The molecular formula is C20H33N3O5. The average Bonchev–Trinajstić information content (AvgIpc) is 2.64. The highest BCUT2D eigenvalue weighted by Gasteiger charge is 2.30. The quantitative estimate of drug-likeness (QED) is 0.570. The van der Waals surface area contributed by atoms with Crippen LogP contribution in [0.4, 0.5) is 0 Å². The largest absolute Gasteiger partial charge is 0.468 e. The molecule has 1 rings (SSSR count). The summed E-state index contributed by atoms with van der Waals surface area (Å²) in [5.74, 6) is -1.55. The highest BCUT2D eigenvalue weighted by Crippen LogP contribution is 2.10. The van der Waals surface area contributed by atoms with Crippen LogP contribution in [-0.4, -0.2) is 72.8 Å². The Morgan fingerprint density at radius 2 is 1.79 bits per heavy atom. The zero-order valence-electron chi connectivity index (χ0n) is 17.4. The first-order chi connectivity index (χ1) is 13.3.